The number of carboxylic acid groups (broad SMARTS) is 1. The summed E-state index contributed by atoms with van der Waals surface area (Å²) in [6, 6.07) is 18.7. The molecule has 0 spiro atoms. The Morgan fingerprint density at radius 2 is 1.72 bits per heavy atom. The molecule has 3 aromatic carbocycles. The minimum atomic E-state index is -1.01. The largest absolute Gasteiger partial charge is 0.477 e. The van der Waals surface area contributed by atoms with Gasteiger partial charge in [-0.05, 0) is 54.4 Å². The van der Waals surface area contributed by atoms with Crippen molar-refractivity contribution in [3.8, 4) is 11.1 Å². The Labute approximate surface area is 227 Å². The summed E-state index contributed by atoms with van der Waals surface area (Å²) in [6.45, 7) is 2.40. The van der Waals surface area contributed by atoms with E-state index in [1.165, 1.54) is 11.8 Å². The van der Waals surface area contributed by atoms with Gasteiger partial charge in [0.05, 0.1) is 16.7 Å². The molecule has 0 aliphatic rings. The van der Waals surface area contributed by atoms with Gasteiger partial charge in [0, 0.05) is 50.1 Å². The Hall–Kier alpha value is -2.90. The number of aromatic carboxylic acids is 1. The highest BCUT2D eigenvalue weighted by molar-refractivity contribution is 7.99. The van der Waals surface area contributed by atoms with E-state index >= 15 is 0 Å². The van der Waals surface area contributed by atoms with Crippen LogP contribution in [0, 0.1) is 6.92 Å². The van der Waals surface area contributed by atoms with Crippen LogP contribution in [-0.4, -0.2) is 25.4 Å². The molecule has 0 bridgehead atoms. The van der Waals surface area contributed by atoms with E-state index in [1.54, 1.807) is 28.8 Å². The van der Waals surface area contributed by atoms with Crippen LogP contribution in [0.5, 0.6) is 0 Å². The molecule has 0 aliphatic heterocycles. The Morgan fingerprint density at radius 3 is 2.36 bits per heavy atom. The van der Waals surface area contributed by atoms with E-state index in [0.717, 1.165) is 43.1 Å². The first-order chi connectivity index (χ1) is 17.2. The lowest BCUT2D eigenvalue weighted by Crippen LogP contribution is -2.09. The van der Waals surface area contributed by atoms with E-state index in [2.05, 4.69) is 5.10 Å². The van der Waals surface area contributed by atoms with Crippen molar-refractivity contribution in [3.05, 3.63) is 98.9 Å². The van der Waals surface area contributed by atoms with Gasteiger partial charge >= 0.3 is 5.97 Å². The SMILES string of the molecule is Cc1c(-c2ccc(Cn3c(C(=O)O)cc4c(Sc5ccc(Cl)cc5Cl)cc(Cl)cc43)cc2)cnn1C. The molecule has 5 aromatic rings. The number of benzene rings is 3. The Morgan fingerprint density at radius 1 is 0.972 bits per heavy atom. The maximum absolute atomic E-state index is 12.2. The molecule has 0 saturated carbocycles. The van der Waals surface area contributed by atoms with E-state index < -0.39 is 5.97 Å². The lowest BCUT2D eigenvalue weighted by atomic mass is 10.0. The minimum absolute atomic E-state index is 0.184. The number of hydrogen-bond acceptors (Lipinski definition) is 3. The van der Waals surface area contributed by atoms with Gasteiger partial charge in [-0.25, -0.2) is 4.79 Å². The van der Waals surface area contributed by atoms with Gasteiger partial charge in [-0.1, -0.05) is 70.8 Å². The van der Waals surface area contributed by atoms with Gasteiger partial charge < -0.3 is 9.67 Å². The van der Waals surface area contributed by atoms with Crippen molar-refractivity contribution in [3.63, 3.8) is 0 Å². The van der Waals surface area contributed by atoms with Crippen LogP contribution >= 0.6 is 46.6 Å². The lowest BCUT2D eigenvalue weighted by Gasteiger charge is -2.11. The van der Waals surface area contributed by atoms with Crippen LogP contribution in [0.25, 0.3) is 22.0 Å². The number of carboxylic acids is 1. The average molecular weight is 557 g/mol. The third-order valence-corrected chi connectivity index (χ3v) is 8.13. The quantitative estimate of drug-likeness (QED) is 0.229. The smallest absolute Gasteiger partial charge is 0.352 e. The Kier molecular flexibility index (Phi) is 6.79. The molecule has 5 rings (SSSR count). The molecule has 0 atom stereocenters. The van der Waals surface area contributed by atoms with E-state index in [-0.39, 0.29) is 5.69 Å². The zero-order valence-corrected chi connectivity index (χ0v) is 22.4. The van der Waals surface area contributed by atoms with E-state index in [4.69, 9.17) is 34.8 Å². The molecular weight excluding hydrogens is 537 g/mol. The number of rotatable bonds is 6. The predicted molar refractivity (Wildman–Crippen MR) is 147 cm³/mol. The van der Waals surface area contributed by atoms with Crippen molar-refractivity contribution in [1.82, 2.24) is 14.3 Å². The number of hydrogen-bond donors (Lipinski definition) is 1. The number of aromatic nitrogens is 3. The maximum Gasteiger partial charge on any atom is 0.352 e. The van der Waals surface area contributed by atoms with Crippen LogP contribution < -0.4 is 0 Å². The zero-order chi connectivity index (χ0) is 25.6. The summed E-state index contributed by atoms with van der Waals surface area (Å²) < 4.78 is 3.62. The topological polar surface area (TPSA) is 60.1 Å². The summed E-state index contributed by atoms with van der Waals surface area (Å²) in [5.41, 5.74) is 5.09. The first kappa shape index (κ1) is 24.8. The second kappa shape index (κ2) is 9.87. The number of halogens is 3. The van der Waals surface area contributed by atoms with Gasteiger partial charge in [-0.2, -0.15) is 5.10 Å². The fraction of sp³-hybridized carbons (Fsp3) is 0.111. The molecule has 1 N–H and O–H groups in total. The van der Waals surface area contributed by atoms with Gasteiger partial charge in [0.25, 0.3) is 0 Å². The van der Waals surface area contributed by atoms with Crippen molar-refractivity contribution in [1.29, 1.82) is 0 Å². The lowest BCUT2D eigenvalue weighted by molar-refractivity contribution is 0.0686. The standard InChI is InChI=1S/C27H20Cl3N3O2S/c1-15-21(13-31-32(15)2)17-5-3-16(4-6-17)14-33-23-10-19(29)11-26(20(23)12-24(33)27(34)35)36-25-8-7-18(28)9-22(25)30/h3-13H,14H2,1-2H3,(H,34,35). The summed E-state index contributed by atoms with van der Waals surface area (Å²) in [5, 5.41) is 16.7. The number of fused-ring (bicyclic) bond motifs is 1. The van der Waals surface area contributed by atoms with Crippen LogP contribution in [0.3, 0.4) is 0 Å². The zero-order valence-electron chi connectivity index (χ0n) is 19.3. The average Bonchev–Trinajstić information content (AvgIpc) is 3.36. The molecule has 0 radical (unpaired) electrons. The van der Waals surface area contributed by atoms with Crippen LogP contribution in [-0.2, 0) is 13.6 Å². The Balaban J connectivity index is 1.55. The van der Waals surface area contributed by atoms with E-state index in [1.807, 2.05) is 61.2 Å². The predicted octanol–water partition coefficient (Wildman–Crippen LogP) is 8.21. The van der Waals surface area contributed by atoms with Crippen LogP contribution in [0.4, 0.5) is 0 Å². The second-order valence-corrected chi connectivity index (χ2v) is 10.8. The number of carbonyl (C=O) groups is 1. The van der Waals surface area contributed by atoms with Crippen molar-refractivity contribution >= 4 is 63.4 Å². The minimum Gasteiger partial charge on any atom is -0.477 e. The molecule has 2 heterocycles. The molecule has 9 heteroatoms. The molecule has 0 saturated heterocycles. The van der Waals surface area contributed by atoms with Crippen molar-refractivity contribution in [2.75, 3.05) is 0 Å². The normalized spacial score (nSPS) is 11.4. The van der Waals surface area contributed by atoms with Crippen LogP contribution in [0.2, 0.25) is 15.1 Å². The summed E-state index contributed by atoms with van der Waals surface area (Å²) in [5.74, 6) is -1.01. The highest BCUT2D eigenvalue weighted by Gasteiger charge is 2.19. The molecule has 0 aliphatic carbocycles. The molecular formula is C27H20Cl3N3O2S. The van der Waals surface area contributed by atoms with Crippen LogP contribution in [0.1, 0.15) is 21.7 Å². The summed E-state index contributed by atoms with van der Waals surface area (Å²) in [6.07, 6.45) is 1.85. The first-order valence-corrected chi connectivity index (χ1v) is 12.9. The highest BCUT2D eigenvalue weighted by Crippen LogP contribution is 2.41. The van der Waals surface area contributed by atoms with E-state index in [9.17, 15) is 9.90 Å². The fourth-order valence-corrected chi connectivity index (χ4v) is 5.94. The van der Waals surface area contributed by atoms with Crippen molar-refractivity contribution in [2.45, 2.75) is 23.3 Å². The second-order valence-electron chi connectivity index (χ2n) is 8.40. The molecule has 182 valence electrons. The van der Waals surface area contributed by atoms with E-state index in [0.29, 0.717) is 21.6 Å². The monoisotopic (exact) mass is 555 g/mol. The number of nitrogens with zero attached hydrogens (tertiary/aromatic N) is 3. The van der Waals surface area contributed by atoms with Gasteiger partial charge in [-0.3, -0.25) is 4.68 Å². The molecule has 0 amide bonds. The van der Waals surface area contributed by atoms with Gasteiger partial charge in [0.1, 0.15) is 5.69 Å². The molecule has 2 aromatic heterocycles. The van der Waals surface area contributed by atoms with Crippen molar-refractivity contribution < 1.29 is 9.90 Å². The molecule has 5 nitrogen and oxygen atoms in total. The fourth-order valence-electron chi connectivity index (χ4n) is 4.15. The molecule has 0 fully saturated rings. The maximum atomic E-state index is 12.2. The summed E-state index contributed by atoms with van der Waals surface area (Å²) in [7, 11) is 1.91. The first-order valence-electron chi connectivity index (χ1n) is 11.0. The summed E-state index contributed by atoms with van der Waals surface area (Å²) >= 11 is 20.3. The molecule has 36 heavy (non-hydrogen) atoms. The molecule has 0 unspecified atom stereocenters. The third-order valence-electron chi connectivity index (χ3n) is 6.12. The van der Waals surface area contributed by atoms with Gasteiger partial charge in [0.2, 0.25) is 0 Å². The van der Waals surface area contributed by atoms with Gasteiger partial charge in [0.15, 0.2) is 0 Å². The Bertz CT molecular complexity index is 1620. The van der Waals surface area contributed by atoms with Crippen molar-refractivity contribution in [2.24, 2.45) is 7.05 Å². The summed E-state index contributed by atoms with van der Waals surface area (Å²) in [4.78, 5) is 13.8. The number of aryl methyl sites for hydroxylation is 1. The highest BCUT2D eigenvalue weighted by atomic mass is 35.5. The third kappa shape index (κ3) is 4.74. The van der Waals surface area contributed by atoms with Gasteiger partial charge in [-0.15, -0.1) is 0 Å². The van der Waals surface area contributed by atoms with Crippen LogP contribution in [0.15, 0.2) is 76.7 Å².